The molecule has 0 aromatic heterocycles. The minimum atomic E-state index is -1.86. The Kier molecular flexibility index (Phi) is 24.6. The van der Waals surface area contributed by atoms with Crippen LogP contribution in [-0.2, 0) is 123 Å². The van der Waals surface area contributed by atoms with Crippen molar-refractivity contribution in [3.05, 3.63) is 31.3 Å². The van der Waals surface area contributed by atoms with Crippen molar-refractivity contribution in [3.8, 4) is 11.5 Å². The Hall–Kier alpha value is -2.89. The second-order valence-electron chi connectivity index (χ2n) is 28.7. The van der Waals surface area contributed by atoms with Gasteiger partial charge in [0, 0.05) is 67.3 Å². The Labute approximate surface area is 610 Å². The summed E-state index contributed by atoms with van der Waals surface area (Å²) in [5, 5.41) is 71.1. The number of rotatable bonds is 22. The highest BCUT2D eigenvalue weighted by Crippen LogP contribution is 2.53. The van der Waals surface area contributed by atoms with E-state index in [0.717, 1.165) is 0 Å². The van der Waals surface area contributed by atoms with Gasteiger partial charge in [-0.2, -0.15) is 0 Å². The first-order valence-corrected chi connectivity index (χ1v) is 35.5. The van der Waals surface area contributed by atoms with Crippen LogP contribution in [-0.4, -0.2) is 326 Å². The van der Waals surface area contributed by atoms with Crippen molar-refractivity contribution < 1.29 is 163 Å². The number of nitrogens with zero attached hydrogens (tertiary/aromatic N) is 1. The maximum absolute atomic E-state index is 14.3. The van der Waals surface area contributed by atoms with Crippen LogP contribution in [0.4, 0.5) is 0 Å². The second-order valence-corrected chi connectivity index (χ2v) is 29.5. The number of hydrogen-bond donors (Lipinski definition) is 5. The molecule has 11 heterocycles. The molecular formula is C66H99Cl2NO35. The first-order chi connectivity index (χ1) is 49.3. The van der Waals surface area contributed by atoms with Crippen molar-refractivity contribution in [2.75, 3.05) is 76.4 Å². The van der Waals surface area contributed by atoms with Gasteiger partial charge in [0.15, 0.2) is 67.6 Å². The van der Waals surface area contributed by atoms with Crippen LogP contribution in [0.2, 0.25) is 10.0 Å². The summed E-state index contributed by atoms with van der Waals surface area (Å²) in [7, 11) is 9.67. The molecule has 35 atom stereocenters. The van der Waals surface area contributed by atoms with Gasteiger partial charge in [-0.15, -0.1) is 0 Å². The van der Waals surface area contributed by atoms with Gasteiger partial charge in [0.05, 0.1) is 87.5 Å². The minimum absolute atomic E-state index is 0.0107. The number of ether oxygens (including phenoxy) is 27. The van der Waals surface area contributed by atoms with Crippen molar-refractivity contribution in [3.63, 3.8) is 0 Å². The lowest BCUT2D eigenvalue weighted by atomic mass is 9.85. The zero-order valence-corrected chi connectivity index (χ0v) is 62.2. The van der Waals surface area contributed by atoms with Crippen LogP contribution < -0.4 is 4.74 Å². The monoisotopic (exact) mass is 1540 g/mol. The molecule has 36 nitrogen and oxygen atoms in total. The van der Waals surface area contributed by atoms with Gasteiger partial charge in [0.25, 0.3) is 11.5 Å². The maximum Gasteiger partial charge on any atom is 0.342 e. The Morgan fingerprint density at radius 2 is 1.34 bits per heavy atom. The van der Waals surface area contributed by atoms with Crippen molar-refractivity contribution >= 4 is 29.2 Å². The molecular weight excluding hydrogens is 1440 g/mol. The van der Waals surface area contributed by atoms with E-state index >= 15 is 0 Å². The van der Waals surface area contributed by atoms with E-state index in [0.29, 0.717) is 0 Å². The van der Waals surface area contributed by atoms with Crippen molar-refractivity contribution in [2.45, 2.75) is 301 Å². The third-order valence-corrected chi connectivity index (χ3v) is 22.8. The maximum atomic E-state index is 14.3. The van der Waals surface area contributed by atoms with Crippen LogP contribution in [0.25, 0.3) is 0 Å². The van der Waals surface area contributed by atoms with Crippen LogP contribution in [0.1, 0.15) is 97.0 Å². The van der Waals surface area contributed by atoms with Crippen LogP contribution in [0.15, 0.2) is 0 Å². The number of aliphatic hydroxyl groups excluding tert-OH is 3. The normalized spacial score (nSPS) is 48.3. The van der Waals surface area contributed by atoms with Crippen LogP contribution in [0.3, 0.4) is 0 Å². The molecule has 12 rings (SSSR count). The molecule has 1 aromatic carbocycles. The summed E-state index contributed by atoms with van der Waals surface area (Å²) in [6.07, 6.45) is -33.8. The summed E-state index contributed by atoms with van der Waals surface area (Å²) in [4.78, 5) is 26.5. The summed E-state index contributed by atoms with van der Waals surface area (Å²) < 4.78 is 168. The number of methoxy groups -OCH3 is 7. The molecule has 0 unspecified atom stereocenters. The van der Waals surface area contributed by atoms with Crippen LogP contribution in [0, 0.1) is 17.0 Å². The largest absolute Gasteiger partial charge is 0.505 e. The lowest BCUT2D eigenvalue weighted by Crippen LogP contribution is -2.69. The number of carbonyl (C=O) groups is 1. The molecule has 11 saturated heterocycles. The van der Waals surface area contributed by atoms with E-state index in [4.69, 9.17) is 151 Å². The molecule has 104 heavy (non-hydrogen) atoms. The Morgan fingerprint density at radius 1 is 0.663 bits per heavy atom. The van der Waals surface area contributed by atoms with E-state index in [9.17, 15) is 40.4 Å². The van der Waals surface area contributed by atoms with Gasteiger partial charge in [0.1, 0.15) is 114 Å². The van der Waals surface area contributed by atoms with E-state index in [1.165, 1.54) is 63.6 Å². The predicted molar refractivity (Wildman–Crippen MR) is 344 cm³/mol. The summed E-state index contributed by atoms with van der Waals surface area (Å²) in [5.74, 6) is -5.40. The highest BCUT2D eigenvalue weighted by Gasteiger charge is 2.71. The highest BCUT2D eigenvalue weighted by molar-refractivity contribution is 6.39. The number of fused-ring (bicyclic) bond motifs is 4. The Balaban J connectivity index is 0.689. The summed E-state index contributed by atoms with van der Waals surface area (Å²) in [5.41, 5.74) is -4.62. The number of nitro groups is 1. The fourth-order valence-corrected chi connectivity index (χ4v) is 17.1. The first kappa shape index (κ1) is 80.6. The molecule has 11 aliphatic heterocycles. The smallest absolute Gasteiger partial charge is 0.342 e. The number of phenols is 1. The van der Waals surface area contributed by atoms with Gasteiger partial charge in [-0.25, -0.2) is 4.79 Å². The molecule has 38 heteroatoms. The van der Waals surface area contributed by atoms with Gasteiger partial charge < -0.3 is 153 Å². The van der Waals surface area contributed by atoms with E-state index < -0.39 is 230 Å². The summed E-state index contributed by atoms with van der Waals surface area (Å²) in [6, 6.07) is 0. The van der Waals surface area contributed by atoms with E-state index in [1.54, 1.807) is 48.5 Å². The molecule has 0 bridgehead atoms. The lowest BCUT2D eigenvalue weighted by molar-refractivity contribution is -0.595. The number of esters is 1. The highest BCUT2D eigenvalue weighted by atomic mass is 35.5. The third kappa shape index (κ3) is 14.7. The molecule has 1 aromatic rings. The number of aliphatic hydroxyl groups is 4. The fraction of sp³-hybridized carbons (Fsp3) is 0.894. The topological polar surface area (TPSA) is 411 Å². The van der Waals surface area contributed by atoms with E-state index in [-0.39, 0.29) is 79.2 Å². The molecule has 0 amide bonds. The zero-order valence-electron chi connectivity index (χ0n) is 60.7. The number of carbonyl (C=O) groups excluding carboxylic acids is 1. The van der Waals surface area contributed by atoms with Gasteiger partial charge in [-0.1, -0.05) is 23.2 Å². The van der Waals surface area contributed by atoms with E-state index in [1.807, 2.05) is 0 Å². The van der Waals surface area contributed by atoms with Gasteiger partial charge in [-0.05, 0) is 61.0 Å². The molecule has 592 valence electrons. The van der Waals surface area contributed by atoms with Crippen LogP contribution >= 0.6 is 23.2 Å². The third-order valence-electron chi connectivity index (χ3n) is 22.0. The number of phenolic OH excluding ortho intramolecular Hbond substituents is 1. The summed E-state index contributed by atoms with van der Waals surface area (Å²) in [6.45, 7) is 13.9. The Bertz CT molecular complexity index is 3140. The molecule has 2 spiro atoms. The molecule has 0 aliphatic carbocycles. The second kappa shape index (κ2) is 31.7. The predicted octanol–water partition coefficient (Wildman–Crippen LogP) is 1.77. The fourth-order valence-electron chi connectivity index (χ4n) is 16.6. The standard InChI is InChI=1S/C66H99Cl2NO35/c1-25-39(50(81-13)41(68)42(71)40(25)67)58(74)97-46-26(2)89-36(17-33(46)93-37-19-62(8,69(76)77)54(84-16)29(5)90-37)95-45-28(4)100-65(18-32(45)70)103-55-30(6)91-38(20-63(55,9)104-65)96-51-44(73)59(92-27(3)47(51)80-12)98-48-34(21-78-10)94-61(52(82-14)43(48)72)99-60-53(83-15)49-35(22-85-60)101-66(102-49)57-56(86-24-87-57)64(75,23-88-66)31(7)79-11/h26-38,43-49,51-57,59-61,70-73,75H,17-24H2,1-16H3/t26-,27-,28-,29+,30-,31+,32-,33-,34-,35+,36+,37+,38+,43+,44-,45-,46-,47+,48-,49-,51-,52+,53-,54+,55-,56-,57-,59+,60+,61+,62+,63-,64-,65-,66-/m1/s1. The average Bonchev–Trinajstić information content (AvgIpc) is 1.55. The molecule has 0 saturated carbocycles. The van der Waals surface area contributed by atoms with Crippen molar-refractivity contribution in [1.29, 1.82) is 0 Å². The number of halogens is 2. The molecule has 11 aliphatic rings. The number of aromatic hydroxyl groups is 1. The first-order valence-electron chi connectivity index (χ1n) is 34.7. The van der Waals surface area contributed by atoms with Gasteiger partial charge in [-0.3, -0.25) is 10.1 Å². The van der Waals surface area contributed by atoms with Gasteiger partial charge >= 0.3 is 11.9 Å². The number of hydrogen-bond acceptors (Lipinski definition) is 35. The molecule has 0 radical (unpaired) electrons. The molecule has 5 N–H and O–H groups in total. The summed E-state index contributed by atoms with van der Waals surface area (Å²) >= 11 is 12.8. The molecule has 11 fully saturated rings. The van der Waals surface area contributed by atoms with Crippen molar-refractivity contribution in [2.24, 2.45) is 0 Å². The quantitative estimate of drug-likeness (QED) is 0.0627. The van der Waals surface area contributed by atoms with Gasteiger partial charge in [0.2, 0.25) is 0 Å². The number of benzene rings is 1. The minimum Gasteiger partial charge on any atom is -0.505 e. The van der Waals surface area contributed by atoms with Crippen LogP contribution in [0.5, 0.6) is 11.5 Å². The lowest BCUT2D eigenvalue weighted by Gasteiger charge is -2.49. The SMILES string of the molecule is COC[C@H]1O[C@@H](O[C@@H]2OC[C@@H]3O[C@@]4(OC[C@@](O)([C@H](C)OC)[C@@H]5OCO[C@H]54)O[C@H]3[C@H]2OC)[C@@H](OC)[C@@H](O)[C@@H]1O[C@@H]1O[C@H](C)[C@H](OC)[C@H](O[C@H]2C[C@@]3(C)O[C@@]4(C[C@@H](O)[C@H](O[C@H]5C[C@@H](O[C@H]6C[C@](C)([N+](=O)[O-])[C@@H](OC)[C@H](C)O6)[C@H](OC(=O)c6c(C)c(Cl)c(O)c(Cl)c6OC)[C@@H](C)O5)[C@@H](C)O4)O[C@@H]3[C@@H](C)O2)[C@H]1O. The van der Waals surface area contributed by atoms with Crippen molar-refractivity contribution in [1.82, 2.24) is 0 Å². The zero-order chi connectivity index (χ0) is 75.2. The van der Waals surface area contributed by atoms with E-state index in [2.05, 4.69) is 0 Å². The average molecular weight is 1540 g/mol. The Morgan fingerprint density at radius 3 is 2.00 bits per heavy atom.